The van der Waals surface area contributed by atoms with Crippen LogP contribution in [0.25, 0.3) is 10.2 Å². The van der Waals surface area contributed by atoms with Gasteiger partial charge in [0, 0.05) is 13.2 Å². The van der Waals surface area contributed by atoms with Crippen LogP contribution < -0.4 is 5.56 Å². The third kappa shape index (κ3) is 1.66. The third-order valence-corrected chi connectivity index (χ3v) is 3.58. The fraction of sp³-hybridized carbons (Fsp3) is 0.182. The molecule has 0 aromatic carbocycles. The number of imidazole rings is 1. The molecule has 0 radical (unpaired) electrons. The molecule has 0 atom stereocenters. The molecule has 3 heterocycles. The van der Waals surface area contributed by atoms with Gasteiger partial charge >= 0.3 is 0 Å². The molecule has 0 fully saturated rings. The van der Waals surface area contributed by atoms with Crippen molar-refractivity contribution in [2.45, 2.75) is 6.54 Å². The van der Waals surface area contributed by atoms with Crippen molar-refractivity contribution >= 4 is 21.6 Å². The van der Waals surface area contributed by atoms with Gasteiger partial charge in [0.05, 0.1) is 30.4 Å². The van der Waals surface area contributed by atoms with Crippen molar-refractivity contribution in [3.8, 4) is 0 Å². The molecule has 0 aliphatic rings. The predicted octanol–water partition coefficient (Wildman–Crippen LogP) is 1.24. The highest BCUT2D eigenvalue weighted by molar-refractivity contribution is 7.17. The summed E-state index contributed by atoms with van der Waals surface area (Å²) in [5.74, 6) is 0. The minimum absolute atomic E-state index is 0.00574. The Kier molecular flexibility index (Phi) is 2.29. The zero-order valence-corrected chi connectivity index (χ0v) is 10.0. The Hall–Kier alpha value is -1.95. The second kappa shape index (κ2) is 3.81. The molecule has 0 aliphatic heterocycles. The van der Waals surface area contributed by atoms with Crippen LogP contribution in [0, 0.1) is 0 Å². The van der Waals surface area contributed by atoms with Gasteiger partial charge in [-0.3, -0.25) is 9.36 Å². The van der Waals surface area contributed by atoms with Gasteiger partial charge in [0.25, 0.3) is 5.56 Å². The summed E-state index contributed by atoms with van der Waals surface area (Å²) < 4.78 is 4.20. The first-order valence-corrected chi connectivity index (χ1v) is 6.01. The molecule has 5 nitrogen and oxygen atoms in total. The molecule has 6 heteroatoms. The van der Waals surface area contributed by atoms with Crippen LogP contribution in [0.1, 0.15) is 5.69 Å². The Morgan fingerprint density at radius 3 is 3.06 bits per heavy atom. The minimum Gasteiger partial charge on any atom is -0.336 e. The molecule has 0 saturated heterocycles. The van der Waals surface area contributed by atoms with E-state index in [-0.39, 0.29) is 5.56 Å². The number of aryl methyl sites for hydroxylation is 1. The summed E-state index contributed by atoms with van der Waals surface area (Å²) in [4.78, 5) is 20.4. The van der Waals surface area contributed by atoms with Gasteiger partial charge in [-0.1, -0.05) is 0 Å². The maximum absolute atomic E-state index is 12.1. The minimum atomic E-state index is 0.00574. The summed E-state index contributed by atoms with van der Waals surface area (Å²) in [7, 11) is 1.91. The Balaban J connectivity index is 2.09. The van der Waals surface area contributed by atoms with Gasteiger partial charge < -0.3 is 4.57 Å². The summed E-state index contributed by atoms with van der Waals surface area (Å²) >= 11 is 1.43. The quantitative estimate of drug-likeness (QED) is 0.683. The summed E-state index contributed by atoms with van der Waals surface area (Å²) in [6.07, 6.45) is 5.06. The highest BCUT2D eigenvalue weighted by atomic mass is 32.1. The lowest BCUT2D eigenvalue weighted by atomic mass is 10.4. The average molecular weight is 246 g/mol. The second-order valence-corrected chi connectivity index (χ2v) is 4.72. The van der Waals surface area contributed by atoms with Crippen LogP contribution in [-0.4, -0.2) is 19.1 Å². The SMILES string of the molecule is Cn1cncc1Cn1cnc2ccsc2c1=O. The molecule has 0 spiro atoms. The van der Waals surface area contributed by atoms with Crippen LogP contribution in [0.5, 0.6) is 0 Å². The van der Waals surface area contributed by atoms with E-state index in [0.29, 0.717) is 11.2 Å². The fourth-order valence-electron chi connectivity index (χ4n) is 1.70. The van der Waals surface area contributed by atoms with Gasteiger partial charge in [0.2, 0.25) is 0 Å². The van der Waals surface area contributed by atoms with Gasteiger partial charge in [-0.15, -0.1) is 11.3 Å². The van der Waals surface area contributed by atoms with Gasteiger partial charge in [-0.2, -0.15) is 0 Å². The maximum Gasteiger partial charge on any atom is 0.271 e. The molecule has 0 saturated carbocycles. The Labute approximate surface area is 101 Å². The van der Waals surface area contributed by atoms with Crippen molar-refractivity contribution in [1.82, 2.24) is 19.1 Å². The zero-order valence-electron chi connectivity index (χ0n) is 9.20. The van der Waals surface area contributed by atoms with E-state index in [9.17, 15) is 4.79 Å². The summed E-state index contributed by atoms with van der Waals surface area (Å²) in [5, 5.41) is 1.88. The normalized spacial score (nSPS) is 11.1. The Morgan fingerprint density at radius 2 is 2.29 bits per heavy atom. The number of hydrogen-bond donors (Lipinski definition) is 0. The molecule has 3 rings (SSSR count). The lowest BCUT2D eigenvalue weighted by molar-refractivity contribution is 0.694. The lowest BCUT2D eigenvalue weighted by Crippen LogP contribution is -2.21. The summed E-state index contributed by atoms with van der Waals surface area (Å²) in [6.45, 7) is 0.496. The highest BCUT2D eigenvalue weighted by Crippen LogP contribution is 2.13. The lowest BCUT2D eigenvalue weighted by Gasteiger charge is -2.05. The number of nitrogens with zero attached hydrogens (tertiary/aromatic N) is 4. The smallest absolute Gasteiger partial charge is 0.271 e. The Morgan fingerprint density at radius 1 is 1.41 bits per heavy atom. The standard InChI is InChI=1S/C11H10N4OS/c1-14-6-12-4-8(14)5-15-7-13-9-2-3-17-10(9)11(15)16/h2-4,6-7H,5H2,1H3. The first-order valence-electron chi connectivity index (χ1n) is 5.13. The van der Waals surface area contributed by atoms with Crippen LogP contribution >= 0.6 is 11.3 Å². The van der Waals surface area contributed by atoms with Crippen LogP contribution in [0.4, 0.5) is 0 Å². The first-order chi connectivity index (χ1) is 8.25. The highest BCUT2D eigenvalue weighted by Gasteiger charge is 2.06. The zero-order chi connectivity index (χ0) is 11.8. The van der Waals surface area contributed by atoms with Crippen LogP contribution in [0.2, 0.25) is 0 Å². The number of fused-ring (bicyclic) bond motifs is 1. The number of rotatable bonds is 2. The van der Waals surface area contributed by atoms with E-state index in [1.165, 1.54) is 11.3 Å². The molecular weight excluding hydrogens is 236 g/mol. The molecule has 0 aliphatic carbocycles. The monoisotopic (exact) mass is 246 g/mol. The van der Waals surface area contributed by atoms with Crippen LogP contribution in [-0.2, 0) is 13.6 Å². The third-order valence-electron chi connectivity index (χ3n) is 2.68. The molecule has 3 aromatic rings. The topological polar surface area (TPSA) is 52.7 Å². The van der Waals surface area contributed by atoms with Crippen molar-refractivity contribution in [3.63, 3.8) is 0 Å². The maximum atomic E-state index is 12.1. The predicted molar refractivity (Wildman–Crippen MR) is 66.2 cm³/mol. The van der Waals surface area contributed by atoms with E-state index in [1.54, 1.807) is 23.4 Å². The molecule has 17 heavy (non-hydrogen) atoms. The van der Waals surface area contributed by atoms with E-state index in [0.717, 1.165) is 11.2 Å². The van der Waals surface area contributed by atoms with E-state index in [4.69, 9.17) is 0 Å². The van der Waals surface area contributed by atoms with E-state index < -0.39 is 0 Å². The van der Waals surface area contributed by atoms with Crippen LogP contribution in [0.3, 0.4) is 0 Å². The van der Waals surface area contributed by atoms with Gasteiger partial charge in [0.15, 0.2) is 0 Å². The van der Waals surface area contributed by atoms with Gasteiger partial charge in [0.1, 0.15) is 4.70 Å². The molecular formula is C11H10N4OS. The largest absolute Gasteiger partial charge is 0.336 e. The molecule has 3 aromatic heterocycles. The summed E-state index contributed by atoms with van der Waals surface area (Å²) in [5.41, 5.74) is 1.75. The molecule has 86 valence electrons. The van der Waals surface area contributed by atoms with Gasteiger partial charge in [-0.25, -0.2) is 9.97 Å². The molecule has 0 amide bonds. The van der Waals surface area contributed by atoms with Crippen molar-refractivity contribution in [1.29, 1.82) is 0 Å². The Bertz CT molecular complexity index is 724. The second-order valence-electron chi connectivity index (χ2n) is 3.81. The fourth-order valence-corrected chi connectivity index (χ4v) is 2.50. The first kappa shape index (κ1) is 10.2. The number of aromatic nitrogens is 4. The van der Waals surface area contributed by atoms with Gasteiger partial charge in [-0.05, 0) is 11.4 Å². The van der Waals surface area contributed by atoms with Crippen LogP contribution in [0.15, 0.2) is 35.1 Å². The molecule has 0 unspecified atom stereocenters. The van der Waals surface area contributed by atoms with Crippen molar-refractivity contribution < 1.29 is 0 Å². The van der Waals surface area contributed by atoms with E-state index >= 15 is 0 Å². The van der Waals surface area contributed by atoms with E-state index in [1.807, 2.05) is 23.1 Å². The summed E-state index contributed by atoms with van der Waals surface area (Å²) in [6, 6.07) is 1.86. The van der Waals surface area contributed by atoms with E-state index in [2.05, 4.69) is 9.97 Å². The number of hydrogen-bond acceptors (Lipinski definition) is 4. The van der Waals surface area contributed by atoms with Crippen molar-refractivity contribution in [3.05, 3.63) is 46.3 Å². The average Bonchev–Trinajstić information content (AvgIpc) is 2.92. The molecule has 0 bridgehead atoms. The van der Waals surface area contributed by atoms with Crippen molar-refractivity contribution in [2.24, 2.45) is 7.05 Å². The number of thiophene rings is 1. The molecule has 0 N–H and O–H groups in total. The van der Waals surface area contributed by atoms with Crippen molar-refractivity contribution in [2.75, 3.05) is 0 Å².